The van der Waals surface area contributed by atoms with Crippen molar-refractivity contribution in [3.8, 4) is 12.3 Å². The number of amides is 1. The molecule has 0 aliphatic heterocycles. The van der Waals surface area contributed by atoms with E-state index in [0.717, 1.165) is 15.7 Å². The summed E-state index contributed by atoms with van der Waals surface area (Å²) in [6.07, 6.45) is 6.97. The average molecular weight is 519 g/mol. The molecular formula is C25H35N4O6P. The predicted molar refractivity (Wildman–Crippen MR) is 141 cm³/mol. The van der Waals surface area contributed by atoms with Gasteiger partial charge in [-0.15, -0.1) is 6.42 Å². The lowest BCUT2D eigenvalue weighted by Crippen LogP contribution is -2.42. The van der Waals surface area contributed by atoms with E-state index in [2.05, 4.69) is 11.2 Å². The normalized spacial score (nSPS) is 11.3. The maximum atomic E-state index is 12.9. The van der Waals surface area contributed by atoms with Gasteiger partial charge in [-0.05, 0) is 51.2 Å². The Morgan fingerprint density at radius 1 is 1.14 bits per heavy atom. The number of rotatable bonds is 14. The number of aryl methyl sites for hydroxylation is 2. The Morgan fingerprint density at radius 3 is 2.42 bits per heavy atom. The van der Waals surface area contributed by atoms with Crippen molar-refractivity contribution in [2.75, 3.05) is 30.4 Å². The molecule has 1 aromatic carbocycles. The molecule has 0 bridgehead atoms. The van der Waals surface area contributed by atoms with Gasteiger partial charge in [-0.3, -0.25) is 18.7 Å². The van der Waals surface area contributed by atoms with Crippen molar-refractivity contribution in [2.45, 2.75) is 59.5 Å². The lowest BCUT2D eigenvalue weighted by Gasteiger charge is -2.18. The van der Waals surface area contributed by atoms with Crippen molar-refractivity contribution < 1.29 is 18.4 Å². The van der Waals surface area contributed by atoms with Crippen LogP contribution in [-0.2, 0) is 37.9 Å². The zero-order valence-corrected chi connectivity index (χ0v) is 22.0. The number of hydrogen-bond donors (Lipinski definition) is 2. The number of hydrogen-bond acceptors (Lipinski definition) is 7. The summed E-state index contributed by atoms with van der Waals surface area (Å²) in [6, 6.07) is 7.71. The standard InChI is InChI=1S/C25H35N4O6P/c1-5-16-29-24(31)22(27-21(30)15-14-20-13-9-8-12-19(20)4)23(26)28(25(29)32)17-10-11-18-36(33,34-6-2)35-7-3/h1,8-9,12-13H,6-7,10-11,14-18,26H2,2-4H3,(H,27,30). The number of terminal acetylenes is 1. The summed E-state index contributed by atoms with van der Waals surface area (Å²) in [7, 11) is -3.21. The molecule has 0 radical (unpaired) electrons. The fraction of sp³-hybridized carbons (Fsp3) is 0.480. The van der Waals surface area contributed by atoms with Crippen LogP contribution >= 0.6 is 7.60 Å². The first-order valence-corrected chi connectivity index (χ1v) is 13.7. The molecule has 10 nitrogen and oxygen atoms in total. The fourth-order valence-corrected chi connectivity index (χ4v) is 5.49. The first-order valence-electron chi connectivity index (χ1n) is 12.0. The van der Waals surface area contributed by atoms with Gasteiger partial charge in [-0.25, -0.2) is 9.36 Å². The quantitative estimate of drug-likeness (QED) is 0.223. The molecule has 3 N–H and O–H groups in total. The third-order valence-electron chi connectivity index (χ3n) is 5.58. The molecule has 2 aromatic rings. The predicted octanol–water partition coefficient (Wildman–Crippen LogP) is 3.15. The summed E-state index contributed by atoms with van der Waals surface area (Å²) in [6.45, 7) is 5.80. The van der Waals surface area contributed by atoms with E-state index in [1.807, 2.05) is 31.2 Å². The molecule has 11 heteroatoms. The third-order valence-corrected chi connectivity index (χ3v) is 7.75. The van der Waals surface area contributed by atoms with Crippen LogP contribution in [0.1, 0.15) is 44.2 Å². The summed E-state index contributed by atoms with van der Waals surface area (Å²) in [5.74, 6) is 1.73. The topological polar surface area (TPSA) is 135 Å². The highest BCUT2D eigenvalue weighted by Crippen LogP contribution is 2.48. The largest absolute Gasteiger partial charge is 0.383 e. The van der Waals surface area contributed by atoms with Crippen LogP contribution in [0.4, 0.5) is 11.5 Å². The summed E-state index contributed by atoms with van der Waals surface area (Å²) < 4.78 is 25.3. The SMILES string of the molecule is C#CCn1c(=O)c(NC(=O)CCc2ccccc2C)c(N)n(CCCCP(=O)(OCC)OCC)c1=O. The van der Waals surface area contributed by atoms with Gasteiger partial charge in [0.05, 0.1) is 25.9 Å². The Kier molecular flexibility index (Phi) is 11.2. The van der Waals surface area contributed by atoms with Crippen molar-refractivity contribution in [3.05, 3.63) is 56.2 Å². The van der Waals surface area contributed by atoms with Gasteiger partial charge in [-0.1, -0.05) is 30.2 Å². The van der Waals surface area contributed by atoms with Crippen LogP contribution in [0.3, 0.4) is 0 Å². The molecule has 0 fully saturated rings. The number of nitrogens with one attached hydrogen (secondary N) is 1. The highest BCUT2D eigenvalue weighted by molar-refractivity contribution is 7.53. The summed E-state index contributed by atoms with van der Waals surface area (Å²) in [5, 5.41) is 2.57. The average Bonchev–Trinajstić information content (AvgIpc) is 2.84. The van der Waals surface area contributed by atoms with Crippen molar-refractivity contribution in [2.24, 2.45) is 0 Å². The number of benzene rings is 1. The summed E-state index contributed by atoms with van der Waals surface area (Å²) in [4.78, 5) is 38.5. The molecule has 0 unspecified atom stereocenters. The molecular weight excluding hydrogens is 483 g/mol. The van der Waals surface area contributed by atoms with E-state index >= 15 is 0 Å². The van der Waals surface area contributed by atoms with E-state index in [9.17, 15) is 18.9 Å². The third kappa shape index (κ3) is 7.69. The van der Waals surface area contributed by atoms with Crippen molar-refractivity contribution >= 4 is 25.0 Å². The van der Waals surface area contributed by atoms with Gasteiger partial charge in [0.15, 0.2) is 0 Å². The Morgan fingerprint density at radius 2 is 1.81 bits per heavy atom. The molecule has 196 valence electrons. The molecule has 2 rings (SSSR count). The first-order chi connectivity index (χ1) is 17.2. The minimum absolute atomic E-state index is 0.125. The van der Waals surface area contributed by atoms with E-state index in [-0.39, 0.29) is 50.4 Å². The molecule has 1 heterocycles. The van der Waals surface area contributed by atoms with E-state index in [4.69, 9.17) is 21.2 Å². The number of nitrogens with zero attached hydrogens (tertiary/aromatic N) is 2. The monoisotopic (exact) mass is 518 g/mol. The molecule has 1 aromatic heterocycles. The number of unbranched alkanes of at least 4 members (excludes halogenated alkanes) is 1. The van der Waals surface area contributed by atoms with Gasteiger partial charge >= 0.3 is 13.3 Å². The van der Waals surface area contributed by atoms with Crippen LogP contribution in [-0.4, -0.2) is 34.4 Å². The van der Waals surface area contributed by atoms with Gasteiger partial charge in [0.2, 0.25) is 5.91 Å². The zero-order valence-electron chi connectivity index (χ0n) is 21.1. The van der Waals surface area contributed by atoms with Crippen LogP contribution in [0.15, 0.2) is 33.9 Å². The van der Waals surface area contributed by atoms with E-state index in [0.29, 0.717) is 19.3 Å². The van der Waals surface area contributed by atoms with Gasteiger partial charge in [0, 0.05) is 13.0 Å². The van der Waals surface area contributed by atoms with Crippen molar-refractivity contribution in [1.82, 2.24) is 9.13 Å². The summed E-state index contributed by atoms with van der Waals surface area (Å²) in [5.41, 5.74) is 6.64. The minimum Gasteiger partial charge on any atom is -0.383 e. The van der Waals surface area contributed by atoms with Gasteiger partial charge in [0.25, 0.3) is 5.56 Å². The number of nitrogen functional groups attached to an aromatic ring is 1. The zero-order chi connectivity index (χ0) is 26.7. The van der Waals surface area contributed by atoms with Crippen LogP contribution in [0.25, 0.3) is 0 Å². The van der Waals surface area contributed by atoms with Gasteiger partial charge < -0.3 is 20.1 Å². The second-order valence-corrected chi connectivity index (χ2v) is 10.3. The van der Waals surface area contributed by atoms with E-state index in [1.165, 1.54) is 4.57 Å². The Balaban J connectivity index is 2.21. The first kappa shape index (κ1) is 29.1. The molecule has 0 aliphatic carbocycles. The fourth-order valence-electron chi connectivity index (χ4n) is 3.76. The van der Waals surface area contributed by atoms with Crippen LogP contribution in [0.5, 0.6) is 0 Å². The molecule has 0 saturated carbocycles. The van der Waals surface area contributed by atoms with E-state index < -0.39 is 24.8 Å². The molecule has 0 saturated heterocycles. The Hall–Kier alpha value is -3.12. The van der Waals surface area contributed by atoms with Crippen LogP contribution in [0, 0.1) is 19.3 Å². The van der Waals surface area contributed by atoms with Crippen LogP contribution < -0.4 is 22.3 Å². The van der Waals surface area contributed by atoms with Gasteiger partial charge in [-0.2, -0.15) is 0 Å². The Bertz CT molecular complexity index is 1250. The Labute approximate surface area is 211 Å². The molecule has 1 amide bonds. The number of nitrogens with two attached hydrogens (primary N) is 1. The minimum atomic E-state index is -3.21. The lowest BCUT2D eigenvalue weighted by molar-refractivity contribution is -0.116. The number of carbonyl (C=O) groups is 1. The number of carbonyl (C=O) groups excluding carboxylic acids is 1. The lowest BCUT2D eigenvalue weighted by atomic mass is 10.0. The van der Waals surface area contributed by atoms with Crippen LogP contribution in [0.2, 0.25) is 0 Å². The smallest absolute Gasteiger partial charge is 0.333 e. The number of anilines is 2. The van der Waals surface area contributed by atoms with E-state index in [1.54, 1.807) is 13.8 Å². The van der Waals surface area contributed by atoms with Crippen molar-refractivity contribution in [1.29, 1.82) is 0 Å². The number of aromatic nitrogens is 2. The highest BCUT2D eigenvalue weighted by Gasteiger charge is 2.23. The summed E-state index contributed by atoms with van der Waals surface area (Å²) >= 11 is 0. The molecule has 0 aliphatic rings. The molecule has 0 spiro atoms. The molecule has 0 atom stereocenters. The second-order valence-electron chi connectivity index (χ2n) is 8.14. The van der Waals surface area contributed by atoms with Crippen molar-refractivity contribution in [3.63, 3.8) is 0 Å². The van der Waals surface area contributed by atoms with Gasteiger partial charge in [0.1, 0.15) is 11.5 Å². The molecule has 36 heavy (non-hydrogen) atoms. The highest BCUT2D eigenvalue weighted by atomic mass is 31.2. The maximum absolute atomic E-state index is 12.9. The second kappa shape index (κ2) is 13.8. The maximum Gasteiger partial charge on any atom is 0.333 e.